The van der Waals surface area contributed by atoms with E-state index in [4.69, 9.17) is 0 Å². The Kier molecular flexibility index (Phi) is 2.27. The predicted molar refractivity (Wildman–Crippen MR) is 56.3 cm³/mol. The van der Waals surface area contributed by atoms with Crippen molar-refractivity contribution < 1.29 is 8.78 Å². The van der Waals surface area contributed by atoms with Crippen LogP contribution in [-0.2, 0) is 0 Å². The first-order valence-corrected chi connectivity index (χ1v) is 5.24. The topological polar surface area (TPSA) is 0 Å². The molecule has 0 N–H and O–H groups in total. The number of fused-ring (bicyclic) bond motifs is 1. The molecule has 0 bridgehead atoms. The summed E-state index contributed by atoms with van der Waals surface area (Å²) < 4.78 is 26.2. The SMILES string of the molecule is Cc1c(C(F)F)cc2sccc2c1C. The summed E-state index contributed by atoms with van der Waals surface area (Å²) in [5, 5.41) is 3.03. The van der Waals surface area contributed by atoms with Crippen molar-refractivity contribution in [1.82, 2.24) is 0 Å². The lowest BCUT2D eigenvalue weighted by Gasteiger charge is -2.08. The summed E-state index contributed by atoms with van der Waals surface area (Å²) in [6, 6.07) is 3.59. The second-order valence-electron chi connectivity index (χ2n) is 3.35. The Bertz CT molecular complexity index is 471. The fourth-order valence-corrected chi connectivity index (χ4v) is 2.53. The molecule has 1 aromatic heterocycles. The highest BCUT2D eigenvalue weighted by molar-refractivity contribution is 7.17. The van der Waals surface area contributed by atoms with E-state index in [2.05, 4.69) is 0 Å². The van der Waals surface area contributed by atoms with Gasteiger partial charge in [-0.3, -0.25) is 0 Å². The molecule has 0 aliphatic rings. The van der Waals surface area contributed by atoms with Gasteiger partial charge in [0, 0.05) is 10.3 Å². The third kappa shape index (κ3) is 1.32. The van der Waals surface area contributed by atoms with Gasteiger partial charge in [0.15, 0.2) is 0 Å². The molecule has 0 saturated heterocycles. The Morgan fingerprint density at radius 1 is 1.21 bits per heavy atom. The van der Waals surface area contributed by atoms with Gasteiger partial charge in [-0.15, -0.1) is 11.3 Å². The minimum absolute atomic E-state index is 0.164. The van der Waals surface area contributed by atoms with Crippen molar-refractivity contribution in [2.24, 2.45) is 0 Å². The van der Waals surface area contributed by atoms with Gasteiger partial charge >= 0.3 is 0 Å². The van der Waals surface area contributed by atoms with Crippen molar-refractivity contribution >= 4 is 21.4 Å². The second kappa shape index (κ2) is 3.31. The second-order valence-corrected chi connectivity index (χ2v) is 4.30. The molecule has 0 radical (unpaired) electrons. The number of halogens is 2. The molecule has 0 aliphatic carbocycles. The smallest absolute Gasteiger partial charge is 0.205 e. The molecule has 0 aliphatic heterocycles. The van der Waals surface area contributed by atoms with Gasteiger partial charge in [-0.1, -0.05) is 0 Å². The van der Waals surface area contributed by atoms with Crippen LogP contribution < -0.4 is 0 Å². The van der Waals surface area contributed by atoms with Crippen LogP contribution in [0, 0.1) is 13.8 Å². The number of benzene rings is 1. The Morgan fingerprint density at radius 3 is 2.57 bits per heavy atom. The molecule has 0 saturated carbocycles. The summed E-state index contributed by atoms with van der Waals surface area (Å²) in [5.74, 6) is 0. The maximum absolute atomic E-state index is 12.6. The molecule has 74 valence electrons. The molecule has 0 unspecified atom stereocenters. The maximum Gasteiger partial charge on any atom is 0.264 e. The molecule has 0 atom stereocenters. The van der Waals surface area contributed by atoms with E-state index in [9.17, 15) is 8.78 Å². The number of hydrogen-bond donors (Lipinski definition) is 0. The number of thiophene rings is 1. The molecule has 1 aromatic carbocycles. The Labute approximate surface area is 85.2 Å². The lowest BCUT2D eigenvalue weighted by molar-refractivity contribution is 0.150. The summed E-state index contributed by atoms with van der Waals surface area (Å²) in [6.45, 7) is 3.66. The van der Waals surface area contributed by atoms with Gasteiger partial charge in [0.1, 0.15) is 0 Å². The molecule has 2 aromatic rings. The van der Waals surface area contributed by atoms with Gasteiger partial charge in [0.2, 0.25) is 0 Å². The highest BCUT2D eigenvalue weighted by Gasteiger charge is 2.14. The van der Waals surface area contributed by atoms with Crippen molar-refractivity contribution in [2.75, 3.05) is 0 Å². The Balaban J connectivity index is 2.80. The quantitative estimate of drug-likeness (QED) is 0.654. The summed E-state index contributed by atoms with van der Waals surface area (Å²) in [7, 11) is 0. The van der Waals surface area contributed by atoms with Crippen molar-refractivity contribution in [3.8, 4) is 0 Å². The summed E-state index contributed by atoms with van der Waals surface area (Å²) >= 11 is 1.51. The zero-order valence-corrected chi connectivity index (χ0v) is 8.79. The van der Waals surface area contributed by atoms with Crippen LogP contribution in [0.4, 0.5) is 8.78 Å². The van der Waals surface area contributed by atoms with E-state index < -0.39 is 6.43 Å². The van der Waals surface area contributed by atoms with E-state index in [0.29, 0.717) is 5.56 Å². The number of alkyl halides is 2. The van der Waals surface area contributed by atoms with Gasteiger partial charge in [0.25, 0.3) is 6.43 Å². The third-order valence-corrected chi connectivity index (χ3v) is 3.48. The average Bonchev–Trinajstić information content (AvgIpc) is 2.58. The largest absolute Gasteiger partial charge is 0.264 e. The molecule has 3 heteroatoms. The lowest BCUT2D eigenvalue weighted by atomic mass is 10.0. The number of rotatable bonds is 1. The maximum atomic E-state index is 12.6. The van der Waals surface area contributed by atoms with Crippen LogP contribution in [0.15, 0.2) is 17.5 Å². The van der Waals surface area contributed by atoms with Crippen LogP contribution in [0.1, 0.15) is 23.1 Å². The molecule has 0 spiro atoms. The molecule has 2 rings (SSSR count). The van der Waals surface area contributed by atoms with Gasteiger partial charge < -0.3 is 0 Å². The van der Waals surface area contributed by atoms with E-state index in [1.807, 2.05) is 18.4 Å². The van der Waals surface area contributed by atoms with Crippen molar-refractivity contribution in [3.05, 3.63) is 34.2 Å². The fraction of sp³-hybridized carbons (Fsp3) is 0.273. The molecular weight excluding hydrogens is 202 g/mol. The summed E-state index contributed by atoms with van der Waals surface area (Å²) in [4.78, 5) is 0. The third-order valence-electron chi connectivity index (χ3n) is 2.62. The van der Waals surface area contributed by atoms with E-state index in [0.717, 1.165) is 15.6 Å². The Morgan fingerprint density at radius 2 is 1.93 bits per heavy atom. The predicted octanol–water partition coefficient (Wildman–Crippen LogP) is 4.46. The van der Waals surface area contributed by atoms with Crippen LogP contribution >= 0.6 is 11.3 Å². The standard InChI is InChI=1S/C11H10F2S/c1-6-7(2)9(11(12)13)5-10-8(6)3-4-14-10/h3-5,11H,1-2H3. The average molecular weight is 212 g/mol. The van der Waals surface area contributed by atoms with Gasteiger partial charge in [-0.05, 0) is 47.9 Å². The van der Waals surface area contributed by atoms with Crippen LogP contribution in [0.3, 0.4) is 0 Å². The van der Waals surface area contributed by atoms with Gasteiger partial charge in [-0.25, -0.2) is 8.78 Å². The minimum Gasteiger partial charge on any atom is -0.205 e. The molecule has 1 heterocycles. The van der Waals surface area contributed by atoms with E-state index >= 15 is 0 Å². The zero-order chi connectivity index (χ0) is 10.3. The summed E-state index contributed by atoms with van der Waals surface area (Å²) in [5.41, 5.74) is 1.85. The first-order chi connectivity index (χ1) is 6.61. The minimum atomic E-state index is -2.37. The molecular formula is C11H10F2S. The first-order valence-electron chi connectivity index (χ1n) is 4.36. The first kappa shape index (κ1) is 9.59. The van der Waals surface area contributed by atoms with E-state index in [1.54, 1.807) is 13.0 Å². The van der Waals surface area contributed by atoms with Crippen LogP contribution in [0.2, 0.25) is 0 Å². The fourth-order valence-electron chi connectivity index (χ4n) is 1.64. The van der Waals surface area contributed by atoms with Crippen LogP contribution in [0.5, 0.6) is 0 Å². The molecule has 0 nitrogen and oxygen atoms in total. The van der Waals surface area contributed by atoms with Crippen LogP contribution in [0.25, 0.3) is 10.1 Å². The zero-order valence-electron chi connectivity index (χ0n) is 7.97. The van der Waals surface area contributed by atoms with Crippen molar-refractivity contribution in [3.63, 3.8) is 0 Å². The number of aryl methyl sites for hydroxylation is 1. The highest BCUT2D eigenvalue weighted by atomic mass is 32.1. The number of hydrogen-bond acceptors (Lipinski definition) is 1. The van der Waals surface area contributed by atoms with Gasteiger partial charge in [0.05, 0.1) is 0 Å². The van der Waals surface area contributed by atoms with Gasteiger partial charge in [-0.2, -0.15) is 0 Å². The molecule has 0 amide bonds. The van der Waals surface area contributed by atoms with E-state index in [1.165, 1.54) is 11.3 Å². The highest BCUT2D eigenvalue weighted by Crippen LogP contribution is 2.33. The Hall–Kier alpha value is -0.960. The monoisotopic (exact) mass is 212 g/mol. The van der Waals surface area contributed by atoms with Crippen molar-refractivity contribution in [1.29, 1.82) is 0 Å². The summed E-state index contributed by atoms with van der Waals surface area (Å²) in [6.07, 6.45) is -2.37. The van der Waals surface area contributed by atoms with E-state index in [-0.39, 0.29) is 5.56 Å². The lowest BCUT2D eigenvalue weighted by Crippen LogP contribution is -1.92. The van der Waals surface area contributed by atoms with Crippen LogP contribution in [-0.4, -0.2) is 0 Å². The van der Waals surface area contributed by atoms with Crippen molar-refractivity contribution in [2.45, 2.75) is 20.3 Å². The normalized spacial score (nSPS) is 11.5. The molecule has 14 heavy (non-hydrogen) atoms. The molecule has 0 fully saturated rings.